The largest absolute Gasteiger partial charge is 0.350 e. The van der Waals surface area contributed by atoms with E-state index >= 15 is 0 Å². The van der Waals surface area contributed by atoms with Gasteiger partial charge in [0.1, 0.15) is 0 Å². The number of carbonyl (C=O) groups excluding carboxylic acids is 1. The highest BCUT2D eigenvalue weighted by Gasteiger charge is 2.13. The first-order chi connectivity index (χ1) is 7.50. The summed E-state index contributed by atoms with van der Waals surface area (Å²) in [6, 6.07) is 7.78. The smallest absolute Gasteiger partial charge is 0.252 e. The van der Waals surface area contributed by atoms with Crippen LogP contribution in [0.2, 0.25) is 0 Å². The lowest BCUT2D eigenvalue weighted by molar-refractivity contribution is 0.0938. The third-order valence-corrected chi connectivity index (χ3v) is 3.49. The molecule has 0 radical (unpaired) electrons. The van der Waals surface area contributed by atoms with Crippen LogP contribution in [-0.2, 0) is 0 Å². The van der Waals surface area contributed by atoms with E-state index in [1.54, 1.807) is 0 Å². The average molecular weight is 396 g/mol. The van der Waals surface area contributed by atoms with Crippen molar-refractivity contribution in [3.63, 3.8) is 0 Å². The predicted molar refractivity (Wildman–Crippen MR) is 79.1 cm³/mol. The van der Waals surface area contributed by atoms with E-state index < -0.39 is 0 Å². The van der Waals surface area contributed by atoms with Crippen LogP contribution in [0.3, 0.4) is 0 Å². The van der Waals surface area contributed by atoms with E-state index in [0.29, 0.717) is 4.83 Å². The van der Waals surface area contributed by atoms with Crippen molar-refractivity contribution in [2.24, 2.45) is 0 Å². The van der Waals surface area contributed by atoms with Gasteiger partial charge in [-0.05, 0) is 48.1 Å². The van der Waals surface area contributed by atoms with Gasteiger partial charge in [-0.1, -0.05) is 35.0 Å². The summed E-state index contributed by atoms with van der Waals surface area (Å²) in [6.45, 7) is 4.10. The maximum atomic E-state index is 11.9. The molecule has 4 heteroatoms. The van der Waals surface area contributed by atoms with Crippen molar-refractivity contribution in [3.05, 3.63) is 33.4 Å². The molecule has 1 N–H and O–H groups in total. The van der Waals surface area contributed by atoms with Crippen LogP contribution < -0.4 is 5.32 Å². The second-order valence-electron chi connectivity index (χ2n) is 3.87. The minimum absolute atomic E-state index is 0.00523. The maximum Gasteiger partial charge on any atom is 0.252 e. The zero-order chi connectivity index (χ0) is 12.1. The molecule has 1 amide bonds. The topological polar surface area (TPSA) is 29.1 Å². The third-order valence-electron chi connectivity index (χ3n) is 2.17. The number of benzene rings is 1. The molecule has 1 rings (SSSR count). The Balaban J connectivity index is 2.63. The van der Waals surface area contributed by atoms with Crippen LogP contribution in [0.1, 0.15) is 30.6 Å². The van der Waals surface area contributed by atoms with Crippen molar-refractivity contribution >= 4 is 44.4 Å². The Labute approximate surface area is 118 Å². The molecule has 0 fully saturated rings. The number of hydrogen-bond donors (Lipinski definition) is 1. The second-order valence-corrected chi connectivity index (χ2v) is 6.60. The number of carbonyl (C=O) groups is 1. The molecule has 2 unspecified atom stereocenters. The lowest BCUT2D eigenvalue weighted by Gasteiger charge is -2.15. The van der Waals surface area contributed by atoms with E-state index in [9.17, 15) is 4.79 Å². The van der Waals surface area contributed by atoms with Crippen molar-refractivity contribution in [3.8, 4) is 0 Å². The molecule has 0 bridgehead atoms. The highest BCUT2D eigenvalue weighted by Crippen LogP contribution is 2.12. The molecule has 1 aromatic rings. The number of alkyl halides is 1. The van der Waals surface area contributed by atoms with Crippen LogP contribution in [0.15, 0.2) is 24.3 Å². The first-order valence-corrected chi connectivity index (χ1v) is 7.19. The molecule has 0 saturated heterocycles. The van der Waals surface area contributed by atoms with Crippen LogP contribution in [0.4, 0.5) is 0 Å². The SMILES string of the molecule is CC(Br)CC(C)NC(=O)c1ccccc1I. The molecular formula is C12H15BrINO. The fourth-order valence-corrected chi connectivity index (χ4v) is 2.69. The first kappa shape index (κ1) is 14.0. The molecule has 0 aliphatic heterocycles. The van der Waals surface area contributed by atoms with Gasteiger partial charge in [-0.15, -0.1) is 0 Å². The highest BCUT2D eigenvalue weighted by molar-refractivity contribution is 14.1. The molecule has 0 spiro atoms. The van der Waals surface area contributed by atoms with Gasteiger partial charge < -0.3 is 5.32 Å². The zero-order valence-electron chi connectivity index (χ0n) is 9.34. The molecule has 0 saturated carbocycles. The second kappa shape index (κ2) is 6.59. The fraction of sp³-hybridized carbons (Fsp3) is 0.417. The molecular weight excluding hydrogens is 381 g/mol. The van der Waals surface area contributed by atoms with Gasteiger partial charge in [0.05, 0.1) is 5.56 Å². The molecule has 88 valence electrons. The summed E-state index contributed by atoms with van der Waals surface area (Å²) < 4.78 is 0.983. The zero-order valence-corrected chi connectivity index (χ0v) is 13.1. The molecule has 1 aromatic carbocycles. The van der Waals surface area contributed by atoms with Gasteiger partial charge >= 0.3 is 0 Å². The molecule has 16 heavy (non-hydrogen) atoms. The normalized spacial score (nSPS) is 14.2. The van der Waals surface area contributed by atoms with Gasteiger partial charge in [-0.3, -0.25) is 4.79 Å². The standard InChI is InChI=1S/C12H15BrINO/c1-8(13)7-9(2)15-12(16)10-5-3-4-6-11(10)14/h3-6,8-9H,7H2,1-2H3,(H,15,16). The third kappa shape index (κ3) is 4.41. The molecule has 2 nitrogen and oxygen atoms in total. The minimum atomic E-state index is 0.00523. The van der Waals surface area contributed by atoms with E-state index in [1.165, 1.54) is 0 Å². The van der Waals surface area contributed by atoms with Crippen molar-refractivity contribution in [1.82, 2.24) is 5.32 Å². The van der Waals surface area contributed by atoms with Crippen LogP contribution in [0.5, 0.6) is 0 Å². The quantitative estimate of drug-likeness (QED) is 0.612. The van der Waals surface area contributed by atoms with E-state index in [1.807, 2.05) is 31.2 Å². The van der Waals surface area contributed by atoms with E-state index in [-0.39, 0.29) is 11.9 Å². The van der Waals surface area contributed by atoms with E-state index in [4.69, 9.17) is 0 Å². The van der Waals surface area contributed by atoms with Gasteiger partial charge in [0, 0.05) is 14.4 Å². The predicted octanol–water partition coefficient (Wildman–Crippen LogP) is 3.58. The number of rotatable bonds is 4. The average Bonchev–Trinajstić information content (AvgIpc) is 2.16. The van der Waals surface area contributed by atoms with Crippen molar-refractivity contribution in [2.45, 2.75) is 31.1 Å². The summed E-state index contributed by atoms with van der Waals surface area (Å²) in [7, 11) is 0. The summed E-state index contributed by atoms with van der Waals surface area (Å²) in [4.78, 5) is 12.3. The van der Waals surface area contributed by atoms with Gasteiger partial charge in [0.25, 0.3) is 5.91 Å². The molecule has 0 aliphatic carbocycles. The van der Waals surface area contributed by atoms with Gasteiger partial charge in [0.15, 0.2) is 0 Å². The number of hydrogen-bond acceptors (Lipinski definition) is 1. The summed E-state index contributed by atoms with van der Waals surface area (Å²) >= 11 is 5.66. The van der Waals surface area contributed by atoms with Gasteiger partial charge in [0.2, 0.25) is 0 Å². The maximum absolute atomic E-state index is 11.9. The first-order valence-electron chi connectivity index (χ1n) is 5.20. The van der Waals surface area contributed by atoms with Crippen LogP contribution >= 0.6 is 38.5 Å². The Hall–Kier alpha value is -0.100. The summed E-state index contributed by atoms with van der Waals surface area (Å²) in [5.41, 5.74) is 0.747. The van der Waals surface area contributed by atoms with Gasteiger partial charge in [-0.2, -0.15) is 0 Å². The molecule has 0 heterocycles. The monoisotopic (exact) mass is 395 g/mol. The van der Waals surface area contributed by atoms with Crippen LogP contribution in [-0.4, -0.2) is 16.8 Å². The van der Waals surface area contributed by atoms with Crippen LogP contribution in [0.25, 0.3) is 0 Å². The summed E-state index contributed by atoms with van der Waals surface area (Å²) in [5, 5.41) is 2.99. The summed E-state index contributed by atoms with van der Waals surface area (Å²) in [5.74, 6) is 0.00523. The minimum Gasteiger partial charge on any atom is -0.350 e. The number of amides is 1. The van der Waals surface area contributed by atoms with Crippen molar-refractivity contribution < 1.29 is 4.79 Å². The van der Waals surface area contributed by atoms with E-state index in [0.717, 1.165) is 15.6 Å². The molecule has 0 aliphatic rings. The Morgan fingerprint density at radius 2 is 2.06 bits per heavy atom. The lowest BCUT2D eigenvalue weighted by atomic mass is 10.1. The lowest BCUT2D eigenvalue weighted by Crippen LogP contribution is -2.34. The highest BCUT2D eigenvalue weighted by atomic mass is 127. The van der Waals surface area contributed by atoms with Crippen molar-refractivity contribution in [1.29, 1.82) is 0 Å². The van der Waals surface area contributed by atoms with Crippen molar-refractivity contribution in [2.75, 3.05) is 0 Å². The molecule has 0 aromatic heterocycles. The van der Waals surface area contributed by atoms with E-state index in [2.05, 4.69) is 50.8 Å². The Morgan fingerprint density at radius 1 is 1.44 bits per heavy atom. The summed E-state index contributed by atoms with van der Waals surface area (Å²) in [6.07, 6.45) is 0.926. The fourth-order valence-electron chi connectivity index (χ4n) is 1.49. The van der Waals surface area contributed by atoms with Gasteiger partial charge in [-0.25, -0.2) is 0 Å². The Morgan fingerprint density at radius 3 is 2.62 bits per heavy atom. The number of halogens is 2. The molecule has 2 atom stereocenters. The Bertz CT molecular complexity index is 368. The number of nitrogens with one attached hydrogen (secondary N) is 1. The van der Waals surface area contributed by atoms with Crippen LogP contribution in [0, 0.1) is 3.57 Å². The Kier molecular flexibility index (Phi) is 5.75.